The molecule has 2 aromatic rings. The number of hydrogen-bond donors (Lipinski definition) is 2. The van der Waals surface area contributed by atoms with Crippen molar-refractivity contribution in [3.05, 3.63) is 35.3 Å². The van der Waals surface area contributed by atoms with Gasteiger partial charge in [0.2, 0.25) is 5.91 Å². The minimum absolute atomic E-state index is 0.140. The van der Waals surface area contributed by atoms with Gasteiger partial charge in [-0.05, 0) is 42.9 Å². The highest BCUT2D eigenvalue weighted by atomic mass is 16.3. The van der Waals surface area contributed by atoms with Gasteiger partial charge >= 0.3 is 0 Å². The van der Waals surface area contributed by atoms with E-state index in [2.05, 4.69) is 28.7 Å². The lowest BCUT2D eigenvalue weighted by atomic mass is 9.70. The summed E-state index contributed by atoms with van der Waals surface area (Å²) in [6.07, 6.45) is 3.11. The smallest absolute Gasteiger partial charge is 0.222 e. The lowest BCUT2D eigenvalue weighted by molar-refractivity contribution is -0.121. The van der Waals surface area contributed by atoms with Crippen LogP contribution in [0.4, 0.5) is 5.69 Å². The number of carbonyl (C=O) groups excluding carboxylic acids is 1. The van der Waals surface area contributed by atoms with Crippen LogP contribution in [-0.2, 0) is 16.6 Å². The first kappa shape index (κ1) is 16.8. The monoisotopic (exact) mass is 352 g/mol. The van der Waals surface area contributed by atoms with Crippen LogP contribution in [0.15, 0.2) is 18.5 Å². The molecule has 6 heteroatoms. The molecule has 0 radical (unpaired) electrons. The highest BCUT2D eigenvalue weighted by Gasteiger charge is 2.38. The summed E-state index contributed by atoms with van der Waals surface area (Å²) in [7, 11) is 0. The minimum Gasteiger partial charge on any atom is -0.506 e. The maximum atomic E-state index is 11.6. The van der Waals surface area contributed by atoms with Crippen LogP contribution in [0.3, 0.4) is 0 Å². The molecule has 136 valence electrons. The average molecular weight is 352 g/mol. The fourth-order valence-electron chi connectivity index (χ4n) is 4.59. The third-order valence-corrected chi connectivity index (χ3v) is 5.76. The van der Waals surface area contributed by atoms with Crippen LogP contribution in [0.1, 0.15) is 37.1 Å². The molecule has 0 bridgehead atoms. The molecule has 26 heavy (non-hydrogen) atoms. The van der Waals surface area contributed by atoms with Crippen LogP contribution in [0.25, 0.3) is 11.3 Å². The van der Waals surface area contributed by atoms with Crippen LogP contribution >= 0.6 is 0 Å². The third kappa shape index (κ3) is 2.43. The lowest BCUT2D eigenvalue weighted by Crippen LogP contribution is -2.31. The van der Waals surface area contributed by atoms with Crippen molar-refractivity contribution in [2.45, 2.75) is 39.0 Å². The van der Waals surface area contributed by atoms with Gasteiger partial charge in [-0.1, -0.05) is 13.8 Å². The van der Waals surface area contributed by atoms with Crippen LogP contribution in [0, 0.1) is 12.8 Å². The second-order valence-electron chi connectivity index (χ2n) is 8.04. The molecule has 1 fully saturated rings. The second kappa shape index (κ2) is 5.69. The summed E-state index contributed by atoms with van der Waals surface area (Å²) in [5, 5.41) is 10.6. The normalized spacial score (nSPS) is 20.6. The minimum atomic E-state index is -0.272. The Morgan fingerprint density at radius 3 is 2.81 bits per heavy atom. The fourth-order valence-corrected chi connectivity index (χ4v) is 4.59. The number of nitrogens with two attached hydrogens (primary N) is 1. The molecule has 1 atom stereocenters. The van der Waals surface area contributed by atoms with E-state index >= 15 is 0 Å². The van der Waals surface area contributed by atoms with E-state index in [-0.39, 0.29) is 23.0 Å². The number of aryl methyl sites for hydroxylation is 1. The summed E-state index contributed by atoms with van der Waals surface area (Å²) in [4.78, 5) is 22.6. The topological polar surface area (TPSA) is 92.3 Å². The molecule has 2 aliphatic rings. The zero-order valence-electron chi connectivity index (χ0n) is 15.4. The SMILES string of the molecule is Cc1ncnc2c1C(C)(C)Cc1c-2ccc(O)c1N1CCC(C(N)=O)C1. The largest absolute Gasteiger partial charge is 0.506 e. The maximum Gasteiger partial charge on any atom is 0.222 e. The molecule has 0 saturated carbocycles. The van der Waals surface area contributed by atoms with Gasteiger partial charge < -0.3 is 15.7 Å². The first-order chi connectivity index (χ1) is 12.3. The third-order valence-electron chi connectivity index (χ3n) is 5.76. The number of amides is 1. The van der Waals surface area contributed by atoms with Gasteiger partial charge in [-0.15, -0.1) is 0 Å². The van der Waals surface area contributed by atoms with E-state index < -0.39 is 0 Å². The van der Waals surface area contributed by atoms with Crippen molar-refractivity contribution in [3.8, 4) is 17.0 Å². The number of nitrogens with zero attached hydrogens (tertiary/aromatic N) is 3. The second-order valence-corrected chi connectivity index (χ2v) is 8.04. The Morgan fingerprint density at radius 2 is 2.12 bits per heavy atom. The molecule has 2 heterocycles. The van der Waals surface area contributed by atoms with Crippen LogP contribution < -0.4 is 10.6 Å². The number of benzene rings is 1. The van der Waals surface area contributed by atoms with Gasteiger partial charge in [0.15, 0.2) is 0 Å². The van der Waals surface area contributed by atoms with E-state index in [0.29, 0.717) is 13.1 Å². The lowest BCUT2D eigenvalue weighted by Gasteiger charge is -2.36. The van der Waals surface area contributed by atoms with E-state index in [4.69, 9.17) is 5.73 Å². The standard InChI is InChI=1S/C20H24N4O2/c1-11-16-17(23-10-22-11)13-4-5-15(25)18(14(13)8-20(16,2)3)24-7-6-12(9-24)19(21)26/h4-5,10,12,25H,6-9H2,1-3H3,(H2,21,26). The van der Waals surface area contributed by atoms with E-state index in [9.17, 15) is 9.90 Å². The van der Waals surface area contributed by atoms with Gasteiger partial charge in [0.05, 0.1) is 17.3 Å². The van der Waals surface area contributed by atoms with E-state index in [1.165, 1.54) is 5.56 Å². The molecular weight excluding hydrogens is 328 g/mol. The Labute approximate surface area is 153 Å². The quantitative estimate of drug-likeness (QED) is 0.865. The Bertz CT molecular complexity index is 907. The predicted molar refractivity (Wildman–Crippen MR) is 100 cm³/mol. The number of anilines is 1. The average Bonchev–Trinajstić information content (AvgIpc) is 3.03. The number of hydrogen-bond acceptors (Lipinski definition) is 5. The molecule has 0 spiro atoms. The molecular formula is C20H24N4O2. The number of phenols is 1. The fraction of sp³-hybridized carbons (Fsp3) is 0.450. The van der Waals surface area contributed by atoms with Crippen LogP contribution in [-0.4, -0.2) is 34.1 Å². The molecule has 1 saturated heterocycles. The number of primary amides is 1. The molecule has 1 aromatic heterocycles. The summed E-state index contributed by atoms with van der Waals surface area (Å²) >= 11 is 0. The van der Waals surface area contributed by atoms with Gasteiger partial charge in [0.1, 0.15) is 12.1 Å². The number of carbonyl (C=O) groups is 1. The molecule has 3 N–H and O–H groups in total. The Balaban J connectivity index is 1.89. The molecule has 1 amide bonds. The predicted octanol–water partition coefficient (Wildman–Crippen LogP) is 2.30. The van der Waals surface area contributed by atoms with Gasteiger partial charge in [0.25, 0.3) is 0 Å². The van der Waals surface area contributed by atoms with Crippen molar-refractivity contribution < 1.29 is 9.90 Å². The van der Waals surface area contributed by atoms with Crippen molar-refractivity contribution in [2.75, 3.05) is 18.0 Å². The van der Waals surface area contributed by atoms with Crippen molar-refractivity contribution in [3.63, 3.8) is 0 Å². The molecule has 1 aromatic carbocycles. The van der Waals surface area contributed by atoms with E-state index in [0.717, 1.165) is 41.0 Å². The van der Waals surface area contributed by atoms with Gasteiger partial charge in [0, 0.05) is 29.9 Å². The summed E-state index contributed by atoms with van der Waals surface area (Å²) in [6, 6.07) is 3.67. The van der Waals surface area contributed by atoms with Gasteiger partial charge in [-0.25, -0.2) is 9.97 Å². The van der Waals surface area contributed by atoms with Crippen LogP contribution in [0.5, 0.6) is 5.75 Å². The molecule has 1 aliphatic carbocycles. The first-order valence-electron chi connectivity index (χ1n) is 9.01. The van der Waals surface area contributed by atoms with Crippen molar-refractivity contribution in [2.24, 2.45) is 11.7 Å². The van der Waals surface area contributed by atoms with Crippen LogP contribution in [0.2, 0.25) is 0 Å². The Kier molecular flexibility index (Phi) is 3.68. The highest BCUT2D eigenvalue weighted by molar-refractivity contribution is 5.83. The number of rotatable bonds is 2. The summed E-state index contributed by atoms with van der Waals surface area (Å²) < 4.78 is 0. The maximum absolute atomic E-state index is 11.6. The number of fused-ring (bicyclic) bond motifs is 3. The van der Waals surface area contributed by atoms with Gasteiger partial charge in [-0.3, -0.25) is 4.79 Å². The van der Waals surface area contributed by atoms with E-state index in [1.807, 2.05) is 13.0 Å². The summed E-state index contributed by atoms with van der Waals surface area (Å²) in [5.41, 5.74) is 11.4. The molecule has 6 nitrogen and oxygen atoms in total. The Morgan fingerprint density at radius 1 is 1.35 bits per heavy atom. The zero-order valence-corrected chi connectivity index (χ0v) is 15.4. The number of phenolic OH excluding ortho intramolecular Hbond substituents is 1. The van der Waals surface area contributed by atoms with Crippen molar-refractivity contribution in [1.82, 2.24) is 9.97 Å². The number of aromatic hydroxyl groups is 1. The summed E-state index contributed by atoms with van der Waals surface area (Å²) in [5.74, 6) is -0.191. The highest BCUT2D eigenvalue weighted by Crippen LogP contribution is 2.49. The summed E-state index contributed by atoms with van der Waals surface area (Å²) in [6.45, 7) is 7.67. The first-order valence-corrected chi connectivity index (χ1v) is 9.01. The van der Waals surface area contributed by atoms with E-state index in [1.54, 1.807) is 12.4 Å². The van der Waals surface area contributed by atoms with Crippen molar-refractivity contribution in [1.29, 1.82) is 0 Å². The Hall–Kier alpha value is -2.63. The molecule has 4 rings (SSSR count). The van der Waals surface area contributed by atoms with Gasteiger partial charge in [-0.2, -0.15) is 0 Å². The zero-order chi connectivity index (χ0) is 18.6. The van der Waals surface area contributed by atoms with Crippen molar-refractivity contribution >= 4 is 11.6 Å². The molecule has 1 aliphatic heterocycles. The number of aromatic nitrogens is 2. The molecule has 1 unspecified atom stereocenters.